The molecule has 0 aliphatic carbocycles. The Kier molecular flexibility index (Phi) is 5.42. The second-order valence-corrected chi connectivity index (χ2v) is 6.45. The van der Waals surface area contributed by atoms with Crippen molar-refractivity contribution in [2.45, 2.75) is 33.0 Å². The van der Waals surface area contributed by atoms with Crippen molar-refractivity contribution in [1.29, 1.82) is 0 Å². The number of ether oxygens (including phenoxy) is 2. The van der Waals surface area contributed by atoms with Gasteiger partial charge in [-0.2, -0.15) is 0 Å². The molecule has 0 fully saturated rings. The number of amides is 1. The second-order valence-electron chi connectivity index (χ2n) is 6.45. The number of carbonyl (C=O) groups excluding carboxylic acids is 1. The van der Waals surface area contributed by atoms with Crippen LogP contribution in [0.2, 0.25) is 0 Å². The van der Waals surface area contributed by atoms with Crippen LogP contribution in [0, 0.1) is 0 Å². The average molecular weight is 349 g/mol. The maximum Gasteiger partial charge on any atom is 0.265 e. The van der Waals surface area contributed by atoms with E-state index in [0.717, 1.165) is 16.5 Å². The monoisotopic (exact) mass is 349 g/mol. The zero-order chi connectivity index (χ0) is 18.5. The van der Waals surface area contributed by atoms with Gasteiger partial charge in [0.2, 0.25) is 0 Å². The van der Waals surface area contributed by atoms with Crippen LogP contribution in [0.5, 0.6) is 11.5 Å². The number of benzene rings is 3. The molecule has 0 saturated carbocycles. The summed E-state index contributed by atoms with van der Waals surface area (Å²) in [5, 5.41) is 5.09. The number of hydrogen-bond acceptors (Lipinski definition) is 3. The predicted octanol–water partition coefficient (Wildman–Crippen LogP) is 5.03. The zero-order valence-corrected chi connectivity index (χ0v) is 15.2. The van der Waals surface area contributed by atoms with Crippen molar-refractivity contribution in [2.24, 2.45) is 0 Å². The van der Waals surface area contributed by atoms with Gasteiger partial charge in [-0.1, -0.05) is 36.4 Å². The summed E-state index contributed by atoms with van der Waals surface area (Å²) in [5.74, 6) is 1.18. The molecular formula is C22H23NO3. The maximum absolute atomic E-state index is 12.4. The molecule has 1 N–H and O–H groups in total. The van der Waals surface area contributed by atoms with Crippen LogP contribution in [0.25, 0.3) is 10.8 Å². The molecule has 1 amide bonds. The molecule has 3 rings (SSSR count). The van der Waals surface area contributed by atoms with Crippen LogP contribution in [0.15, 0.2) is 66.7 Å². The van der Waals surface area contributed by atoms with Crippen molar-refractivity contribution in [3.8, 4) is 11.5 Å². The molecule has 134 valence electrons. The fraction of sp³-hybridized carbons (Fsp3) is 0.227. The van der Waals surface area contributed by atoms with Gasteiger partial charge in [-0.25, -0.2) is 0 Å². The van der Waals surface area contributed by atoms with E-state index in [4.69, 9.17) is 9.47 Å². The van der Waals surface area contributed by atoms with Crippen LogP contribution in [0.1, 0.15) is 20.8 Å². The summed E-state index contributed by atoms with van der Waals surface area (Å²) >= 11 is 0. The third-order valence-electron chi connectivity index (χ3n) is 3.88. The van der Waals surface area contributed by atoms with Crippen molar-refractivity contribution in [3.05, 3.63) is 66.7 Å². The molecule has 0 aliphatic heterocycles. The number of hydrogen-bond donors (Lipinski definition) is 1. The summed E-state index contributed by atoms with van der Waals surface area (Å²) in [6, 6.07) is 21.2. The lowest BCUT2D eigenvalue weighted by Crippen LogP contribution is -2.30. The minimum Gasteiger partial charge on any atom is -0.491 e. The van der Waals surface area contributed by atoms with Crippen LogP contribution < -0.4 is 14.8 Å². The summed E-state index contributed by atoms with van der Waals surface area (Å²) < 4.78 is 11.5. The lowest BCUT2D eigenvalue weighted by molar-refractivity contribution is -0.122. The van der Waals surface area contributed by atoms with E-state index in [9.17, 15) is 4.79 Å². The fourth-order valence-corrected chi connectivity index (χ4v) is 2.66. The molecule has 0 radical (unpaired) electrons. The third kappa shape index (κ3) is 4.54. The summed E-state index contributed by atoms with van der Waals surface area (Å²) in [6.07, 6.45) is -0.540. The van der Waals surface area contributed by atoms with E-state index in [2.05, 4.69) is 5.32 Å². The summed E-state index contributed by atoms with van der Waals surface area (Å²) in [6.45, 7) is 5.66. The second kappa shape index (κ2) is 7.91. The van der Waals surface area contributed by atoms with E-state index in [1.54, 1.807) is 13.0 Å². The third-order valence-corrected chi connectivity index (χ3v) is 3.88. The Morgan fingerprint density at radius 1 is 0.808 bits per heavy atom. The first-order chi connectivity index (χ1) is 12.5. The Labute approximate surface area is 153 Å². The van der Waals surface area contributed by atoms with Gasteiger partial charge in [-0.3, -0.25) is 4.79 Å². The first-order valence-electron chi connectivity index (χ1n) is 8.74. The topological polar surface area (TPSA) is 47.6 Å². The highest BCUT2D eigenvalue weighted by molar-refractivity contribution is 5.94. The molecule has 0 aromatic heterocycles. The predicted molar refractivity (Wildman–Crippen MR) is 105 cm³/mol. The molecule has 0 saturated heterocycles. The largest absolute Gasteiger partial charge is 0.491 e. The van der Waals surface area contributed by atoms with Crippen LogP contribution in [0.3, 0.4) is 0 Å². The van der Waals surface area contributed by atoms with Gasteiger partial charge in [0.05, 0.1) is 6.10 Å². The number of anilines is 1. The normalized spacial score (nSPS) is 12.0. The SMILES string of the molecule is CC(C)Oc1cccc(NC(=O)[C@@H](C)Oc2ccc3ccccc3c2)c1. The standard InChI is InChI=1S/C22H23NO3/c1-15(2)25-20-10-6-9-19(14-20)23-22(24)16(3)26-21-12-11-17-7-4-5-8-18(17)13-21/h4-16H,1-3H3,(H,23,24)/t16-/m1/s1. The van der Waals surface area contributed by atoms with Gasteiger partial charge < -0.3 is 14.8 Å². The van der Waals surface area contributed by atoms with Crippen LogP contribution in [0.4, 0.5) is 5.69 Å². The first-order valence-corrected chi connectivity index (χ1v) is 8.74. The molecule has 0 bridgehead atoms. The number of fused-ring (bicyclic) bond motifs is 1. The Morgan fingerprint density at radius 2 is 1.54 bits per heavy atom. The van der Waals surface area contributed by atoms with E-state index in [1.807, 2.05) is 74.5 Å². The Hall–Kier alpha value is -3.01. The highest BCUT2D eigenvalue weighted by Gasteiger charge is 2.15. The Bertz CT molecular complexity index is 905. The molecule has 0 aliphatic rings. The zero-order valence-electron chi connectivity index (χ0n) is 15.2. The molecule has 3 aromatic carbocycles. The van der Waals surface area contributed by atoms with Crippen LogP contribution in [-0.2, 0) is 4.79 Å². The van der Waals surface area contributed by atoms with Crippen molar-refractivity contribution in [3.63, 3.8) is 0 Å². The van der Waals surface area contributed by atoms with Crippen molar-refractivity contribution < 1.29 is 14.3 Å². The first kappa shape index (κ1) is 17.8. The number of nitrogens with one attached hydrogen (secondary N) is 1. The highest BCUT2D eigenvalue weighted by atomic mass is 16.5. The van der Waals surface area contributed by atoms with Gasteiger partial charge in [-0.05, 0) is 55.8 Å². The van der Waals surface area contributed by atoms with Gasteiger partial charge in [0.25, 0.3) is 5.91 Å². The van der Waals surface area contributed by atoms with Gasteiger partial charge in [0, 0.05) is 11.8 Å². The molecule has 1 atom stereocenters. The smallest absolute Gasteiger partial charge is 0.265 e. The van der Waals surface area contributed by atoms with Crippen molar-refractivity contribution in [1.82, 2.24) is 0 Å². The summed E-state index contributed by atoms with van der Waals surface area (Å²) in [7, 11) is 0. The summed E-state index contributed by atoms with van der Waals surface area (Å²) in [4.78, 5) is 12.4. The van der Waals surface area contributed by atoms with Crippen LogP contribution >= 0.6 is 0 Å². The number of rotatable bonds is 6. The van der Waals surface area contributed by atoms with E-state index < -0.39 is 6.10 Å². The van der Waals surface area contributed by atoms with Crippen molar-refractivity contribution in [2.75, 3.05) is 5.32 Å². The Morgan fingerprint density at radius 3 is 2.31 bits per heavy atom. The van der Waals surface area contributed by atoms with E-state index in [1.165, 1.54) is 0 Å². The molecule has 26 heavy (non-hydrogen) atoms. The minimum atomic E-state index is -0.620. The molecule has 4 heteroatoms. The van der Waals surface area contributed by atoms with Gasteiger partial charge in [-0.15, -0.1) is 0 Å². The average Bonchev–Trinajstić information content (AvgIpc) is 2.61. The lowest BCUT2D eigenvalue weighted by atomic mass is 10.1. The summed E-state index contributed by atoms with van der Waals surface area (Å²) in [5.41, 5.74) is 0.683. The van der Waals surface area contributed by atoms with Gasteiger partial charge in [0.15, 0.2) is 6.10 Å². The van der Waals surface area contributed by atoms with Crippen molar-refractivity contribution >= 4 is 22.4 Å². The van der Waals surface area contributed by atoms with Gasteiger partial charge in [0.1, 0.15) is 11.5 Å². The molecule has 4 nitrogen and oxygen atoms in total. The molecule has 3 aromatic rings. The molecule has 0 unspecified atom stereocenters. The molecule has 0 spiro atoms. The molecular weight excluding hydrogens is 326 g/mol. The fourth-order valence-electron chi connectivity index (χ4n) is 2.66. The van der Waals surface area contributed by atoms with Crippen LogP contribution in [-0.4, -0.2) is 18.1 Å². The Balaban J connectivity index is 1.65. The highest BCUT2D eigenvalue weighted by Crippen LogP contribution is 2.22. The van der Waals surface area contributed by atoms with E-state index in [-0.39, 0.29) is 12.0 Å². The van der Waals surface area contributed by atoms with E-state index >= 15 is 0 Å². The molecule has 0 heterocycles. The maximum atomic E-state index is 12.4. The quantitative estimate of drug-likeness (QED) is 0.679. The van der Waals surface area contributed by atoms with E-state index in [0.29, 0.717) is 11.4 Å². The lowest BCUT2D eigenvalue weighted by Gasteiger charge is -2.16. The van der Waals surface area contributed by atoms with Gasteiger partial charge >= 0.3 is 0 Å². The number of carbonyl (C=O) groups is 1. The minimum absolute atomic E-state index is 0.0797.